The minimum Gasteiger partial charge on any atom is -0.338 e. The number of anilines is 1. The summed E-state index contributed by atoms with van der Waals surface area (Å²) in [7, 11) is 0. The van der Waals surface area contributed by atoms with Crippen LogP contribution < -0.4 is 10.6 Å². The van der Waals surface area contributed by atoms with Gasteiger partial charge in [0.25, 0.3) is 0 Å². The van der Waals surface area contributed by atoms with Crippen LogP contribution in [-0.4, -0.2) is 12.6 Å². The molecule has 0 bridgehead atoms. The van der Waals surface area contributed by atoms with Crippen molar-refractivity contribution in [1.82, 2.24) is 5.32 Å². The Hall–Kier alpha value is -1.29. The number of carbonyl (C=O) groups is 1. The molecule has 0 heterocycles. The standard InChI is InChI=1S/C12H16ClFN2O/c1-8(2)5-6-15-12(17)16-9-3-4-11(14)10(13)7-9/h3-4,7-8H,5-6H2,1-2H3,(H2,15,16,17). The Labute approximate surface area is 105 Å². The van der Waals surface area contributed by atoms with E-state index in [1.807, 2.05) is 0 Å². The van der Waals surface area contributed by atoms with Crippen LogP contribution in [0.1, 0.15) is 20.3 Å². The number of urea groups is 1. The summed E-state index contributed by atoms with van der Waals surface area (Å²) in [6.45, 7) is 4.77. The minimum atomic E-state index is -0.502. The van der Waals surface area contributed by atoms with Crippen LogP contribution in [0.3, 0.4) is 0 Å². The van der Waals surface area contributed by atoms with E-state index in [2.05, 4.69) is 24.5 Å². The van der Waals surface area contributed by atoms with Gasteiger partial charge in [0.1, 0.15) is 5.82 Å². The zero-order valence-corrected chi connectivity index (χ0v) is 10.6. The molecule has 0 spiro atoms. The highest BCUT2D eigenvalue weighted by Crippen LogP contribution is 2.19. The van der Waals surface area contributed by atoms with E-state index in [-0.39, 0.29) is 11.1 Å². The molecule has 3 nitrogen and oxygen atoms in total. The van der Waals surface area contributed by atoms with Gasteiger partial charge in [-0.15, -0.1) is 0 Å². The van der Waals surface area contributed by atoms with Crippen LogP contribution in [-0.2, 0) is 0 Å². The lowest BCUT2D eigenvalue weighted by Gasteiger charge is -2.09. The molecule has 0 saturated carbocycles. The van der Waals surface area contributed by atoms with Gasteiger partial charge >= 0.3 is 6.03 Å². The lowest BCUT2D eigenvalue weighted by atomic mass is 10.1. The fourth-order valence-corrected chi connectivity index (χ4v) is 1.40. The summed E-state index contributed by atoms with van der Waals surface area (Å²) >= 11 is 5.60. The van der Waals surface area contributed by atoms with Gasteiger partial charge in [-0.2, -0.15) is 0 Å². The number of rotatable bonds is 4. The third-order valence-corrected chi connectivity index (χ3v) is 2.47. The Morgan fingerprint density at radius 1 is 1.47 bits per heavy atom. The molecule has 2 amide bonds. The molecule has 0 radical (unpaired) electrons. The largest absolute Gasteiger partial charge is 0.338 e. The van der Waals surface area contributed by atoms with Crippen molar-refractivity contribution in [3.8, 4) is 0 Å². The number of nitrogens with one attached hydrogen (secondary N) is 2. The predicted octanol–water partition coefficient (Wildman–Crippen LogP) is 3.65. The van der Waals surface area contributed by atoms with Crippen molar-refractivity contribution >= 4 is 23.3 Å². The van der Waals surface area contributed by atoms with E-state index in [1.54, 1.807) is 0 Å². The van der Waals surface area contributed by atoms with E-state index in [0.717, 1.165) is 6.42 Å². The van der Waals surface area contributed by atoms with Crippen molar-refractivity contribution in [3.05, 3.63) is 29.0 Å². The first-order valence-corrected chi connectivity index (χ1v) is 5.86. The van der Waals surface area contributed by atoms with Gasteiger partial charge in [-0.3, -0.25) is 0 Å². The van der Waals surface area contributed by atoms with E-state index < -0.39 is 5.82 Å². The number of hydrogen-bond acceptors (Lipinski definition) is 1. The summed E-state index contributed by atoms with van der Waals surface area (Å²) in [5.74, 6) is 0.0352. The maximum Gasteiger partial charge on any atom is 0.319 e. The third kappa shape index (κ3) is 5.04. The molecule has 0 atom stereocenters. The van der Waals surface area contributed by atoms with Crippen LogP contribution in [0.4, 0.5) is 14.9 Å². The number of hydrogen-bond donors (Lipinski definition) is 2. The molecule has 5 heteroatoms. The molecule has 1 aromatic rings. The predicted molar refractivity (Wildman–Crippen MR) is 67.9 cm³/mol. The molecule has 0 saturated heterocycles. The van der Waals surface area contributed by atoms with Crippen LogP contribution in [0.15, 0.2) is 18.2 Å². The van der Waals surface area contributed by atoms with Gasteiger partial charge in [-0.25, -0.2) is 9.18 Å². The van der Waals surface area contributed by atoms with Crippen molar-refractivity contribution < 1.29 is 9.18 Å². The topological polar surface area (TPSA) is 41.1 Å². The van der Waals surface area contributed by atoms with Gasteiger partial charge in [0.2, 0.25) is 0 Å². The Morgan fingerprint density at radius 2 is 2.18 bits per heavy atom. The fraction of sp³-hybridized carbons (Fsp3) is 0.417. The lowest BCUT2D eigenvalue weighted by Crippen LogP contribution is -2.30. The Bertz CT molecular complexity index is 396. The van der Waals surface area contributed by atoms with Gasteiger partial charge < -0.3 is 10.6 Å². The number of carbonyl (C=O) groups excluding carboxylic acids is 1. The van der Waals surface area contributed by atoms with E-state index >= 15 is 0 Å². The van der Waals surface area contributed by atoms with Gasteiger partial charge in [-0.05, 0) is 30.5 Å². The quantitative estimate of drug-likeness (QED) is 0.850. The molecule has 1 rings (SSSR count). The summed E-state index contributed by atoms with van der Waals surface area (Å²) in [5.41, 5.74) is 0.471. The molecule has 1 aromatic carbocycles. The summed E-state index contributed by atoms with van der Waals surface area (Å²) in [6, 6.07) is 3.74. The first kappa shape index (κ1) is 13.8. The van der Waals surface area contributed by atoms with Gasteiger partial charge in [-0.1, -0.05) is 25.4 Å². The molecule has 0 aliphatic rings. The van der Waals surface area contributed by atoms with Crippen molar-refractivity contribution in [2.75, 3.05) is 11.9 Å². The van der Waals surface area contributed by atoms with Gasteiger partial charge in [0.05, 0.1) is 5.02 Å². The monoisotopic (exact) mass is 258 g/mol. The lowest BCUT2D eigenvalue weighted by molar-refractivity contribution is 0.251. The van der Waals surface area contributed by atoms with Crippen LogP contribution in [0, 0.1) is 11.7 Å². The summed E-state index contributed by atoms with van der Waals surface area (Å²) in [5, 5.41) is 5.28. The zero-order chi connectivity index (χ0) is 12.8. The number of halogens is 2. The van der Waals surface area contributed by atoms with Gasteiger partial charge in [0, 0.05) is 12.2 Å². The smallest absolute Gasteiger partial charge is 0.319 e. The van der Waals surface area contributed by atoms with Crippen molar-refractivity contribution in [1.29, 1.82) is 0 Å². The SMILES string of the molecule is CC(C)CCNC(=O)Nc1ccc(F)c(Cl)c1. The van der Waals surface area contributed by atoms with Crippen LogP contribution in [0.2, 0.25) is 5.02 Å². The average molecular weight is 259 g/mol. The third-order valence-electron chi connectivity index (χ3n) is 2.18. The maximum absolute atomic E-state index is 12.9. The van der Waals surface area contributed by atoms with Crippen molar-refractivity contribution in [2.24, 2.45) is 5.92 Å². The van der Waals surface area contributed by atoms with Crippen LogP contribution in [0.5, 0.6) is 0 Å². The average Bonchev–Trinajstić information content (AvgIpc) is 2.23. The maximum atomic E-state index is 12.9. The zero-order valence-electron chi connectivity index (χ0n) is 9.89. The number of amides is 2. The fourth-order valence-electron chi connectivity index (χ4n) is 1.22. The molecule has 0 fully saturated rings. The number of benzene rings is 1. The highest BCUT2D eigenvalue weighted by atomic mass is 35.5. The first-order chi connectivity index (χ1) is 7.99. The molecular weight excluding hydrogens is 243 g/mol. The second kappa shape index (κ2) is 6.45. The van der Waals surface area contributed by atoms with Crippen molar-refractivity contribution in [3.63, 3.8) is 0 Å². The van der Waals surface area contributed by atoms with Crippen molar-refractivity contribution in [2.45, 2.75) is 20.3 Å². The van der Waals surface area contributed by atoms with E-state index in [4.69, 9.17) is 11.6 Å². The minimum absolute atomic E-state index is 0.00928. The first-order valence-electron chi connectivity index (χ1n) is 5.49. The molecule has 0 aliphatic heterocycles. The van der Waals surface area contributed by atoms with E-state index in [1.165, 1.54) is 18.2 Å². The van der Waals surface area contributed by atoms with E-state index in [0.29, 0.717) is 18.2 Å². The molecular formula is C12H16ClFN2O. The molecule has 0 aromatic heterocycles. The molecule has 17 heavy (non-hydrogen) atoms. The molecule has 2 N–H and O–H groups in total. The van der Waals surface area contributed by atoms with E-state index in [9.17, 15) is 9.18 Å². The second-order valence-electron chi connectivity index (χ2n) is 4.19. The molecule has 0 unspecified atom stereocenters. The Morgan fingerprint density at radius 3 is 2.76 bits per heavy atom. The summed E-state index contributed by atoms with van der Waals surface area (Å²) < 4.78 is 12.9. The molecule has 94 valence electrons. The van der Waals surface area contributed by atoms with Crippen LogP contribution >= 0.6 is 11.6 Å². The highest BCUT2D eigenvalue weighted by molar-refractivity contribution is 6.31. The normalized spacial score (nSPS) is 10.4. The van der Waals surface area contributed by atoms with Crippen LogP contribution in [0.25, 0.3) is 0 Å². The second-order valence-corrected chi connectivity index (χ2v) is 4.60. The molecule has 0 aliphatic carbocycles. The summed E-state index contributed by atoms with van der Waals surface area (Å²) in [6.07, 6.45) is 0.914. The summed E-state index contributed by atoms with van der Waals surface area (Å²) in [4.78, 5) is 11.4. The highest BCUT2D eigenvalue weighted by Gasteiger charge is 2.04. The van der Waals surface area contributed by atoms with Gasteiger partial charge in [0.15, 0.2) is 0 Å². The Balaban J connectivity index is 2.42. The Kier molecular flexibility index (Phi) is 5.22.